The van der Waals surface area contributed by atoms with Crippen molar-refractivity contribution in [3.8, 4) is 0 Å². The van der Waals surface area contributed by atoms with Crippen LogP contribution in [0.25, 0.3) is 0 Å². The van der Waals surface area contributed by atoms with Crippen LogP contribution in [0, 0.1) is 11.2 Å². The van der Waals surface area contributed by atoms with Crippen LogP contribution >= 0.6 is 0 Å². The molecule has 1 saturated heterocycles. The van der Waals surface area contributed by atoms with E-state index in [2.05, 4.69) is 25.8 Å². The molecular weight excluding hydrogens is 357 g/mol. The number of rotatable bonds is 7. The minimum Gasteiger partial charge on any atom is -0.371 e. The number of carbonyl (C=O) groups excluding carboxylic acids is 1. The molecule has 0 aliphatic carbocycles. The van der Waals surface area contributed by atoms with E-state index in [9.17, 15) is 9.18 Å². The molecule has 0 atom stereocenters. The van der Waals surface area contributed by atoms with E-state index in [1.165, 1.54) is 6.07 Å². The van der Waals surface area contributed by atoms with E-state index in [1.807, 2.05) is 33.8 Å². The topological polar surface area (TPSA) is 68.8 Å². The monoisotopic (exact) mass is 391 g/mol. The first kappa shape index (κ1) is 22.0. The van der Waals surface area contributed by atoms with Crippen molar-refractivity contribution in [1.82, 2.24) is 16.0 Å². The van der Waals surface area contributed by atoms with Crippen LogP contribution in [0.15, 0.2) is 29.3 Å². The smallest absolute Gasteiger partial charge is 0.227 e. The van der Waals surface area contributed by atoms with Gasteiger partial charge in [0.15, 0.2) is 5.96 Å². The van der Waals surface area contributed by atoms with Crippen LogP contribution in [-0.4, -0.2) is 50.6 Å². The third-order valence-electron chi connectivity index (χ3n) is 4.94. The average molecular weight is 392 g/mol. The number of amides is 1. The lowest BCUT2D eigenvalue weighted by Crippen LogP contribution is -2.49. The van der Waals surface area contributed by atoms with Gasteiger partial charge in [0.25, 0.3) is 0 Å². The van der Waals surface area contributed by atoms with Gasteiger partial charge in [-0.25, -0.2) is 4.39 Å². The quantitative estimate of drug-likeness (QED) is 0.493. The number of nitrogens with one attached hydrogen (secondary N) is 3. The van der Waals surface area contributed by atoms with Gasteiger partial charge in [-0.1, -0.05) is 6.07 Å². The van der Waals surface area contributed by atoms with Gasteiger partial charge in [-0.2, -0.15) is 0 Å². The summed E-state index contributed by atoms with van der Waals surface area (Å²) in [4.78, 5) is 19.0. The molecule has 28 heavy (non-hydrogen) atoms. The van der Waals surface area contributed by atoms with Gasteiger partial charge < -0.3 is 20.9 Å². The molecule has 0 radical (unpaired) electrons. The second-order valence-electron chi connectivity index (χ2n) is 7.82. The highest BCUT2D eigenvalue weighted by Crippen LogP contribution is 2.21. The highest BCUT2D eigenvalue weighted by Gasteiger charge is 2.27. The number of nitrogens with zero attached hydrogens (tertiary/aromatic N) is 2. The molecule has 1 fully saturated rings. The van der Waals surface area contributed by atoms with Gasteiger partial charge >= 0.3 is 0 Å². The number of guanidine groups is 1. The minimum absolute atomic E-state index is 0.0120. The Balaban J connectivity index is 1.91. The van der Waals surface area contributed by atoms with Crippen LogP contribution in [0.4, 0.5) is 10.1 Å². The first-order valence-electron chi connectivity index (χ1n) is 10.2. The normalized spacial score (nSPS) is 16.0. The largest absolute Gasteiger partial charge is 0.371 e. The molecule has 0 aromatic heterocycles. The summed E-state index contributed by atoms with van der Waals surface area (Å²) in [5.41, 5.74) is 0.377. The van der Waals surface area contributed by atoms with Crippen LogP contribution in [0.1, 0.15) is 40.5 Å². The van der Waals surface area contributed by atoms with Gasteiger partial charge in [0.2, 0.25) is 5.91 Å². The van der Waals surface area contributed by atoms with E-state index in [-0.39, 0.29) is 11.7 Å². The first-order chi connectivity index (χ1) is 13.4. The maximum absolute atomic E-state index is 13.5. The number of carbonyl (C=O) groups is 1. The molecular formula is C21H34FN5O. The fourth-order valence-electron chi connectivity index (χ4n) is 3.22. The van der Waals surface area contributed by atoms with Crippen molar-refractivity contribution >= 4 is 17.6 Å². The summed E-state index contributed by atoms with van der Waals surface area (Å²) in [5, 5.41) is 9.62. The summed E-state index contributed by atoms with van der Waals surface area (Å²) in [6.45, 7) is 11.3. The molecule has 0 spiro atoms. The van der Waals surface area contributed by atoms with Crippen molar-refractivity contribution in [3.05, 3.63) is 30.1 Å². The minimum atomic E-state index is -0.556. The molecule has 2 rings (SSSR count). The molecule has 0 unspecified atom stereocenters. The Kier molecular flexibility index (Phi) is 8.08. The predicted octanol–water partition coefficient (Wildman–Crippen LogP) is 2.51. The second kappa shape index (κ2) is 10.3. The van der Waals surface area contributed by atoms with Crippen molar-refractivity contribution in [2.45, 2.75) is 46.6 Å². The predicted molar refractivity (Wildman–Crippen MR) is 113 cm³/mol. The number of benzene rings is 1. The number of halogens is 1. The molecule has 1 aliphatic heterocycles. The van der Waals surface area contributed by atoms with Crippen molar-refractivity contribution in [3.63, 3.8) is 0 Å². The molecule has 1 aromatic carbocycles. The first-order valence-corrected chi connectivity index (χ1v) is 10.2. The van der Waals surface area contributed by atoms with Crippen LogP contribution in [0.2, 0.25) is 0 Å². The summed E-state index contributed by atoms with van der Waals surface area (Å²) in [6.07, 6.45) is 1.89. The van der Waals surface area contributed by atoms with Gasteiger partial charge in [0.1, 0.15) is 5.82 Å². The van der Waals surface area contributed by atoms with Crippen LogP contribution in [0.5, 0.6) is 0 Å². The summed E-state index contributed by atoms with van der Waals surface area (Å²) >= 11 is 0. The molecule has 0 saturated carbocycles. The van der Waals surface area contributed by atoms with Crippen molar-refractivity contribution in [2.24, 2.45) is 10.4 Å². The lowest BCUT2D eigenvalue weighted by atomic mass is 9.92. The molecule has 6 nitrogen and oxygen atoms in total. The highest BCUT2D eigenvalue weighted by atomic mass is 19.1. The van der Waals surface area contributed by atoms with Gasteiger partial charge in [-0.15, -0.1) is 0 Å². The van der Waals surface area contributed by atoms with E-state index in [0.29, 0.717) is 19.1 Å². The number of hydrogen-bond donors (Lipinski definition) is 3. The molecule has 1 heterocycles. The second-order valence-corrected chi connectivity index (χ2v) is 7.82. The zero-order valence-corrected chi connectivity index (χ0v) is 17.5. The molecule has 1 amide bonds. The van der Waals surface area contributed by atoms with E-state index in [4.69, 9.17) is 0 Å². The Morgan fingerprint density at radius 3 is 2.50 bits per heavy atom. The van der Waals surface area contributed by atoms with Gasteiger partial charge in [0.05, 0.1) is 12.0 Å². The lowest BCUT2D eigenvalue weighted by Gasteiger charge is -2.34. The summed E-state index contributed by atoms with van der Waals surface area (Å²) in [5.74, 6) is 0.552. The molecule has 3 N–H and O–H groups in total. The number of aliphatic imine (C=N–C) groups is 1. The van der Waals surface area contributed by atoms with Gasteiger partial charge in [-0.05, 0) is 58.7 Å². The summed E-state index contributed by atoms with van der Waals surface area (Å²) < 4.78 is 13.5. The lowest BCUT2D eigenvalue weighted by molar-refractivity contribution is -0.128. The van der Waals surface area contributed by atoms with E-state index in [0.717, 1.165) is 44.1 Å². The van der Waals surface area contributed by atoms with Crippen molar-refractivity contribution in [2.75, 3.05) is 37.6 Å². The maximum atomic E-state index is 13.5. The Morgan fingerprint density at radius 1 is 1.21 bits per heavy atom. The van der Waals surface area contributed by atoms with Crippen LogP contribution in [0.3, 0.4) is 0 Å². The third-order valence-corrected chi connectivity index (χ3v) is 4.94. The molecule has 156 valence electrons. The van der Waals surface area contributed by atoms with Gasteiger partial charge in [0, 0.05) is 37.9 Å². The fourth-order valence-corrected chi connectivity index (χ4v) is 3.22. The zero-order chi connectivity index (χ0) is 20.6. The standard InChI is InChI=1S/C21H34FN5O/c1-5-23-19(28)21(3,4)15-25-20(24-6-2)26-17-10-12-27(13-11-17)18-9-7-8-16(22)14-18/h7-9,14,17H,5-6,10-13,15H2,1-4H3,(H,23,28)(H2,24,25,26). The number of hydrogen-bond acceptors (Lipinski definition) is 3. The average Bonchev–Trinajstić information content (AvgIpc) is 2.67. The van der Waals surface area contributed by atoms with Crippen molar-refractivity contribution in [1.29, 1.82) is 0 Å². The summed E-state index contributed by atoms with van der Waals surface area (Å²) in [6, 6.07) is 7.06. The fraction of sp³-hybridized carbons (Fsp3) is 0.619. The Bertz CT molecular complexity index is 669. The Labute approximate surface area is 168 Å². The Morgan fingerprint density at radius 2 is 1.89 bits per heavy atom. The van der Waals surface area contributed by atoms with Crippen LogP contribution in [-0.2, 0) is 4.79 Å². The van der Waals surface area contributed by atoms with E-state index >= 15 is 0 Å². The molecule has 7 heteroatoms. The third kappa shape index (κ3) is 6.39. The number of anilines is 1. The zero-order valence-electron chi connectivity index (χ0n) is 17.5. The molecule has 0 bridgehead atoms. The maximum Gasteiger partial charge on any atom is 0.227 e. The van der Waals surface area contributed by atoms with Gasteiger partial charge in [-0.3, -0.25) is 9.79 Å². The highest BCUT2D eigenvalue weighted by molar-refractivity contribution is 5.83. The Hall–Kier alpha value is -2.31. The summed E-state index contributed by atoms with van der Waals surface area (Å²) in [7, 11) is 0. The molecule has 1 aromatic rings. The van der Waals surface area contributed by atoms with Crippen molar-refractivity contribution < 1.29 is 9.18 Å². The van der Waals surface area contributed by atoms with E-state index in [1.54, 1.807) is 12.1 Å². The molecule has 1 aliphatic rings. The van der Waals surface area contributed by atoms with Crippen LogP contribution < -0.4 is 20.9 Å². The van der Waals surface area contributed by atoms with E-state index < -0.39 is 5.41 Å². The SMILES string of the molecule is CCNC(=O)C(C)(C)CN=C(NCC)NC1CCN(c2cccc(F)c2)CC1. The number of piperidine rings is 1.